The van der Waals surface area contributed by atoms with E-state index in [1.54, 1.807) is 11.8 Å². The maximum absolute atomic E-state index is 12.1. The summed E-state index contributed by atoms with van der Waals surface area (Å²) in [4.78, 5) is 14.7. The van der Waals surface area contributed by atoms with Gasteiger partial charge in [0.25, 0.3) is 0 Å². The van der Waals surface area contributed by atoms with Gasteiger partial charge in [0.2, 0.25) is 0 Å². The van der Waals surface area contributed by atoms with Crippen molar-refractivity contribution in [1.29, 1.82) is 0 Å². The number of rotatable bonds is 5. The molecule has 2 atom stereocenters. The molecule has 140 valence electrons. The monoisotopic (exact) mass is 381 g/mol. The van der Waals surface area contributed by atoms with Gasteiger partial charge < -0.3 is 10.1 Å². The van der Waals surface area contributed by atoms with Gasteiger partial charge in [0.1, 0.15) is 5.60 Å². The number of carbonyl (C=O) groups is 1. The van der Waals surface area contributed by atoms with Gasteiger partial charge in [-0.25, -0.2) is 4.79 Å². The number of amides is 1. The van der Waals surface area contributed by atoms with E-state index >= 15 is 0 Å². The number of thioether (sulfide) groups is 2. The SMILES string of the molecule is CSc1ccc(SC[C@H]2CC[C@@H](NC(=O)OC(C)(C)C)C2(C)C)cc1. The lowest BCUT2D eigenvalue weighted by Gasteiger charge is -2.34. The fourth-order valence-corrected chi connectivity index (χ4v) is 5.00. The van der Waals surface area contributed by atoms with Gasteiger partial charge in [-0.05, 0) is 75.5 Å². The van der Waals surface area contributed by atoms with Crippen molar-refractivity contribution in [2.45, 2.75) is 68.9 Å². The third-order valence-corrected chi connectivity index (χ3v) is 6.87. The van der Waals surface area contributed by atoms with Crippen LogP contribution in [0.2, 0.25) is 0 Å². The number of carbonyl (C=O) groups excluding carboxylic acids is 1. The Kier molecular flexibility index (Phi) is 6.77. The Morgan fingerprint density at radius 3 is 2.36 bits per heavy atom. The lowest BCUT2D eigenvalue weighted by molar-refractivity contribution is 0.0462. The van der Waals surface area contributed by atoms with Gasteiger partial charge >= 0.3 is 6.09 Å². The van der Waals surface area contributed by atoms with Crippen molar-refractivity contribution in [2.75, 3.05) is 12.0 Å². The first kappa shape index (κ1) is 20.5. The van der Waals surface area contributed by atoms with Crippen molar-refractivity contribution >= 4 is 29.6 Å². The van der Waals surface area contributed by atoms with E-state index < -0.39 is 5.60 Å². The molecule has 1 aromatic rings. The molecule has 0 heterocycles. The summed E-state index contributed by atoms with van der Waals surface area (Å²) in [7, 11) is 0. The zero-order valence-corrected chi connectivity index (χ0v) is 17.9. The number of alkyl carbamates (subject to hydrolysis) is 1. The van der Waals surface area contributed by atoms with E-state index in [9.17, 15) is 4.79 Å². The summed E-state index contributed by atoms with van der Waals surface area (Å²) in [5.74, 6) is 1.66. The molecule has 0 saturated heterocycles. The summed E-state index contributed by atoms with van der Waals surface area (Å²) in [6, 6.07) is 8.94. The lowest BCUT2D eigenvalue weighted by Crippen LogP contribution is -2.45. The zero-order chi connectivity index (χ0) is 18.7. The van der Waals surface area contributed by atoms with Gasteiger partial charge in [0, 0.05) is 21.6 Å². The highest BCUT2D eigenvalue weighted by molar-refractivity contribution is 7.99. The van der Waals surface area contributed by atoms with Gasteiger partial charge in [0.15, 0.2) is 0 Å². The Labute approximate surface area is 161 Å². The van der Waals surface area contributed by atoms with Gasteiger partial charge in [0.05, 0.1) is 0 Å². The first-order valence-corrected chi connectivity index (χ1v) is 11.1. The molecule has 1 aromatic carbocycles. The van der Waals surface area contributed by atoms with Crippen LogP contribution in [0.15, 0.2) is 34.1 Å². The number of ether oxygens (including phenoxy) is 1. The van der Waals surface area contributed by atoms with Crippen LogP contribution < -0.4 is 5.32 Å². The maximum atomic E-state index is 12.1. The van der Waals surface area contributed by atoms with Crippen molar-refractivity contribution in [3.8, 4) is 0 Å². The van der Waals surface area contributed by atoms with Crippen LogP contribution in [0.3, 0.4) is 0 Å². The second-order valence-corrected chi connectivity index (χ2v) is 10.3. The quantitative estimate of drug-likeness (QED) is 0.651. The van der Waals surface area contributed by atoms with Crippen LogP contribution >= 0.6 is 23.5 Å². The average molecular weight is 382 g/mol. The highest BCUT2D eigenvalue weighted by Gasteiger charge is 2.43. The van der Waals surface area contributed by atoms with Crippen LogP contribution in [0.4, 0.5) is 4.79 Å². The number of nitrogens with one attached hydrogen (secondary N) is 1. The third kappa shape index (κ3) is 5.85. The molecule has 25 heavy (non-hydrogen) atoms. The lowest BCUT2D eigenvalue weighted by atomic mass is 9.80. The molecule has 0 bridgehead atoms. The fourth-order valence-electron chi connectivity index (χ4n) is 3.27. The minimum atomic E-state index is -0.453. The van der Waals surface area contributed by atoms with Crippen LogP contribution in [-0.4, -0.2) is 29.7 Å². The van der Waals surface area contributed by atoms with Gasteiger partial charge in [-0.3, -0.25) is 0 Å². The molecule has 1 N–H and O–H groups in total. The highest BCUT2D eigenvalue weighted by Crippen LogP contribution is 2.45. The number of benzene rings is 1. The Morgan fingerprint density at radius 2 is 1.80 bits per heavy atom. The topological polar surface area (TPSA) is 38.3 Å². The van der Waals surface area contributed by atoms with Crippen LogP contribution in [0, 0.1) is 11.3 Å². The van der Waals surface area contributed by atoms with Gasteiger partial charge in [-0.1, -0.05) is 13.8 Å². The van der Waals surface area contributed by atoms with Gasteiger partial charge in [-0.15, -0.1) is 23.5 Å². The van der Waals surface area contributed by atoms with Crippen molar-refractivity contribution < 1.29 is 9.53 Å². The van der Waals surface area contributed by atoms with Crippen LogP contribution in [0.1, 0.15) is 47.5 Å². The van der Waals surface area contributed by atoms with E-state index in [0.29, 0.717) is 5.92 Å². The molecule has 1 aliphatic carbocycles. The molecular weight excluding hydrogens is 350 g/mol. The number of hydrogen-bond donors (Lipinski definition) is 1. The van der Waals surface area contributed by atoms with Crippen LogP contribution in [0.5, 0.6) is 0 Å². The first-order valence-electron chi connectivity index (χ1n) is 8.88. The molecule has 1 amide bonds. The second-order valence-electron chi connectivity index (χ2n) is 8.28. The summed E-state index contributed by atoms with van der Waals surface area (Å²) in [5.41, 5.74) is -0.381. The smallest absolute Gasteiger partial charge is 0.407 e. The molecule has 0 aromatic heterocycles. The minimum Gasteiger partial charge on any atom is -0.444 e. The van der Waals surface area contributed by atoms with E-state index in [0.717, 1.165) is 18.6 Å². The Morgan fingerprint density at radius 1 is 1.20 bits per heavy atom. The summed E-state index contributed by atoms with van der Waals surface area (Å²) in [5, 5.41) is 3.10. The largest absolute Gasteiger partial charge is 0.444 e. The standard InChI is InChI=1S/C20H31NO2S2/c1-19(2,3)23-18(22)21-17-12-7-14(20(17,4)5)13-25-16-10-8-15(24-6)9-11-16/h8-11,14,17H,7,12-13H2,1-6H3,(H,21,22)/t14-,17-/m1/s1. The van der Waals surface area contributed by atoms with Crippen LogP contribution in [-0.2, 0) is 4.74 Å². The molecule has 3 nitrogen and oxygen atoms in total. The first-order chi connectivity index (χ1) is 11.6. The highest BCUT2D eigenvalue weighted by atomic mass is 32.2. The summed E-state index contributed by atoms with van der Waals surface area (Å²) < 4.78 is 5.42. The maximum Gasteiger partial charge on any atom is 0.407 e. The minimum absolute atomic E-state index is 0.0725. The van der Waals surface area contributed by atoms with Crippen molar-refractivity contribution in [3.63, 3.8) is 0 Å². The Bertz CT molecular complexity index is 578. The predicted molar refractivity (Wildman–Crippen MR) is 109 cm³/mol. The molecule has 0 radical (unpaired) electrons. The molecule has 2 rings (SSSR count). The fraction of sp³-hybridized carbons (Fsp3) is 0.650. The third-order valence-electron chi connectivity index (χ3n) is 4.96. The number of hydrogen-bond acceptors (Lipinski definition) is 4. The molecule has 0 aliphatic heterocycles. The molecule has 0 unspecified atom stereocenters. The zero-order valence-electron chi connectivity index (χ0n) is 16.2. The van der Waals surface area contributed by atoms with Crippen molar-refractivity contribution in [1.82, 2.24) is 5.32 Å². The van der Waals surface area contributed by atoms with Gasteiger partial charge in [-0.2, -0.15) is 0 Å². The summed E-state index contributed by atoms with van der Waals surface area (Å²) >= 11 is 3.69. The Hall–Kier alpha value is -0.810. The average Bonchev–Trinajstić information content (AvgIpc) is 2.78. The second kappa shape index (κ2) is 8.26. The van der Waals surface area contributed by atoms with Crippen molar-refractivity contribution in [3.05, 3.63) is 24.3 Å². The molecule has 1 fully saturated rings. The van der Waals surface area contributed by atoms with E-state index in [1.165, 1.54) is 9.79 Å². The molecule has 1 aliphatic rings. The molecule has 5 heteroatoms. The molecular formula is C20H31NO2S2. The predicted octanol–water partition coefficient (Wildman–Crippen LogP) is 5.83. The Balaban J connectivity index is 1.89. The van der Waals surface area contributed by atoms with Crippen molar-refractivity contribution in [2.24, 2.45) is 11.3 Å². The van der Waals surface area contributed by atoms with E-state index in [1.807, 2.05) is 32.5 Å². The normalized spacial score (nSPS) is 22.6. The summed E-state index contributed by atoms with van der Waals surface area (Å²) in [6.07, 6.45) is 3.96. The summed E-state index contributed by atoms with van der Waals surface area (Å²) in [6.45, 7) is 10.2. The van der Waals surface area contributed by atoms with E-state index in [4.69, 9.17) is 4.74 Å². The molecule has 0 spiro atoms. The van der Waals surface area contributed by atoms with E-state index in [2.05, 4.69) is 49.7 Å². The molecule has 1 saturated carbocycles. The van der Waals surface area contributed by atoms with E-state index in [-0.39, 0.29) is 17.6 Å². The van der Waals surface area contributed by atoms with Crippen LogP contribution in [0.25, 0.3) is 0 Å².